The predicted octanol–water partition coefficient (Wildman–Crippen LogP) is 3.35. The van der Waals surface area contributed by atoms with Gasteiger partial charge in [-0.15, -0.1) is 0 Å². The number of aliphatic hydroxyl groups is 1. The second kappa shape index (κ2) is 5.68. The van der Waals surface area contributed by atoms with Gasteiger partial charge in [-0.25, -0.2) is 0 Å². The average Bonchev–Trinajstić information content (AvgIpc) is 2.87. The van der Waals surface area contributed by atoms with Crippen molar-refractivity contribution in [3.05, 3.63) is 65.2 Å². The van der Waals surface area contributed by atoms with Crippen LogP contribution in [0.2, 0.25) is 0 Å². The molecule has 0 saturated heterocycles. The Morgan fingerprint density at radius 3 is 2.75 bits per heavy atom. The van der Waals surface area contributed by atoms with E-state index in [0.717, 1.165) is 31.4 Å². The number of anilines is 1. The lowest BCUT2D eigenvalue weighted by Gasteiger charge is -2.15. The van der Waals surface area contributed by atoms with Crippen LogP contribution in [0.3, 0.4) is 0 Å². The molecule has 0 aromatic heterocycles. The summed E-state index contributed by atoms with van der Waals surface area (Å²) < 4.78 is 0. The van der Waals surface area contributed by atoms with Gasteiger partial charge in [0.1, 0.15) is 0 Å². The highest BCUT2D eigenvalue weighted by Crippen LogP contribution is 2.30. The summed E-state index contributed by atoms with van der Waals surface area (Å²) in [5, 5.41) is 10.4. The Bertz CT molecular complexity index is 579. The molecule has 2 heteroatoms. The predicted molar refractivity (Wildman–Crippen MR) is 83.1 cm³/mol. The van der Waals surface area contributed by atoms with Gasteiger partial charge in [0.15, 0.2) is 0 Å². The Morgan fingerprint density at radius 1 is 1.15 bits per heavy atom. The fourth-order valence-corrected chi connectivity index (χ4v) is 2.91. The maximum atomic E-state index is 10.4. The normalized spacial score (nSPS) is 15.2. The standard InChI is InChI=1S/C18H21NO/c1-19-12-11-15-13-16(8-9-17(15)19)18(20)10-7-14-5-3-2-4-6-14/h2-6,8-9,13,18,20H,7,10-12H2,1H3. The van der Waals surface area contributed by atoms with Gasteiger partial charge in [-0.1, -0.05) is 42.5 Å². The summed E-state index contributed by atoms with van der Waals surface area (Å²) in [7, 11) is 2.12. The fraction of sp³-hybridized carbons (Fsp3) is 0.333. The molecule has 0 fully saturated rings. The molecule has 1 aliphatic rings. The first-order valence-electron chi connectivity index (χ1n) is 7.30. The van der Waals surface area contributed by atoms with Crippen LogP contribution in [0.15, 0.2) is 48.5 Å². The molecule has 20 heavy (non-hydrogen) atoms. The maximum Gasteiger partial charge on any atom is 0.0793 e. The largest absolute Gasteiger partial charge is 0.388 e. The van der Waals surface area contributed by atoms with E-state index in [1.54, 1.807) is 0 Å². The Balaban J connectivity index is 1.67. The number of benzene rings is 2. The van der Waals surface area contributed by atoms with Crippen molar-refractivity contribution in [1.29, 1.82) is 0 Å². The Morgan fingerprint density at radius 2 is 1.95 bits per heavy atom. The van der Waals surface area contributed by atoms with Crippen LogP contribution >= 0.6 is 0 Å². The molecule has 0 saturated carbocycles. The van der Waals surface area contributed by atoms with E-state index in [2.05, 4.69) is 42.3 Å². The van der Waals surface area contributed by atoms with Crippen molar-refractivity contribution in [1.82, 2.24) is 0 Å². The van der Waals surface area contributed by atoms with Gasteiger partial charge in [-0.2, -0.15) is 0 Å². The first-order valence-corrected chi connectivity index (χ1v) is 7.30. The smallest absolute Gasteiger partial charge is 0.0793 e. The number of aliphatic hydroxyl groups excluding tert-OH is 1. The highest BCUT2D eigenvalue weighted by Gasteiger charge is 2.17. The van der Waals surface area contributed by atoms with E-state index in [1.807, 2.05) is 18.2 Å². The van der Waals surface area contributed by atoms with Gasteiger partial charge >= 0.3 is 0 Å². The molecule has 1 atom stereocenters. The first kappa shape index (κ1) is 13.2. The Labute approximate surface area is 120 Å². The number of aryl methyl sites for hydroxylation is 1. The molecule has 0 bridgehead atoms. The number of hydrogen-bond acceptors (Lipinski definition) is 2. The van der Waals surface area contributed by atoms with Gasteiger partial charge in [0.25, 0.3) is 0 Å². The number of fused-ring (bicyclic) bond motifs is 1. The third-order valence-electron chi connectivity index (χ3n) is 4.17. The van der Waals surface area contributed by atoms with E-state index < -0.39 is 0 Å². The lowest BCUT2D eigenvalue weighted by Crippen LogP contribution is -2.12. The molecule has 104 valence electrons. The number of nitrogens with zero attached hydrogens (tertiary/aromatic N) is 1. The molecule has 2 nitrogen and oxygen atoms in total. The second-order valence-corrected chi connectivity index (χ2v) is 5.60. The minimum Gasteiger partial charge on any atom is -0.388 e. The molecule has 3 rings (SSSR count). The maximum absolute atomic E-state index is 10.4. The molecule has 1 aliphatic heterocycles. The Hall–Kier alpha value is -1.80. The monoisotopic (exact) mass is 267 g/mol. The van der Waals surface area contributed by atoms with E-state index in [9.17, 15) is 5.11 Å². The van der Waals surface area contributed by atoms with Crippen LogP contribution in [0, 0.1) is 0 Å². The third kappa shape index (κ3) is 2.70. The molecular formula is C18H21NO. The third-order valence-corrected chi connectivity index (χ3v) is 4.17. The Kier molecular flexibility index (Phi) is 3.75. The minimum atomic E-state index is -0.369. The van der Waals surface area contributed by atoms with E-state index >= 15 is 0 Å². The van der Waals surface area contributed by atoms with Crippen molar-refractivity contribution in [2.75, 3.05) is 18.5 Å². The van der Waals surface area contributed by atoms with Crippen LogP contribution in [-0.2, 0) is 12.8 Å². The molecular weight excluding hydrogens is 246 g/mol. The van der Waals surface area contributed by atoms with Crippen LogP contribution in [0.4, 0.5) is 5.69 Å². The summed E-state index contributed by atoms with van der Waals surface area (Å²) >= 11 is 0. The van der Waals surface area contributed by atoms with Crippen LogP contribution in [0.1, 0.15) is 29.2 Å². The number of likely N-dealkylation sites (N-methyl/N-ethyl adjacent to an activating group) is 1. The van der Waals surface area contributed by atoms with Crippen LogP contribution in [-0.4, -0.2) is 18.7 Å². The van der Waals surface area contributed by atoms with Gasteiger partial charge in [-0.05, 0) is 42.0 Å². The van der Waals surface area contributed by atoms with Crippen molar-refractivity contribution in [2.45, 2.75) is 25.4 Å². The zero-order chi connectivity index (χ0) is 13.9. The van der Waals surface area contributed by atoms with E-state index in [0.29, 0.717) is 0 Å². The molecule has 2 aromatic rings. The summed E-state index contributed by atoms with van der Waals surface area (Å²) in [5.74, 6) is 0. The van der Waals surface area contributed by atoms with E-state index in [1.165, 1.54) is 16.8 Å². The summed E-state index contributed by atoms with van der Waals surface area (Å²) in [6, 6.07) is 16.7. The highest BCUT2D eigenvalue weighted by molar-refractivity contribution is 5.58. The SMILES string of the molecule is CN1CCc2cc(C(O)CCc3ccccc3)ccc21. The quantitative estimate of drug-likeness (QED) is 0.918. The molecule has 0 amide bonds. The highest BCUT2D eigenvalue weighted by atomic mass is 16.3. The van der Waals surface area contributed by atoms with Gasteiger partial charge in [-0.3, -0.25) is 0 Å². The molecule has 1 unspecified atom stereocenters. The van der Waals surface area contributed by atoms with Crippen LogP contribution in [0.25, 0.3) is 0 Å². The van der Waals surface area contributed by atoms with Crippen molar-refractivity contribution < 1.29 is 5.11 Å². The number of hydrogen-bond donors (Lipinski definition) is 1. The van der Waals surface area contributed by atoms with Crippen LogP contribution < -0.4 is 4.90 Å². The molecule has 2 aromatic carbocycles. The summed E-state index contributed by atoms with van der Waals surface area (Å²) in [6.45, 7) is 1.08. The van der Waals surface area contributed by atoms with Gasteiger partial charge in [0, 0.05) is 19.3 Å². The topological polar surface area (TPSA) is 23.5 Å². The molecule has 0 aliphatic carbocycles. The van der Waals surface area contributed by atoms with Gasteiger partial charge in [0.2, 0.25) is 0 Å². The van der Waals surface area contributed by atoms with E-state index in [-0.39, 0.29) is 6.10 Å². The van der Waals surface area contributed by atoms with Crippen molar-refractivity contribution in [3.63, 3.8) is 0 Å². The summed E-state index contributed by atoms with van der Waals surface area (Å²) in [6.07, 6.45) is 2.41. The lowest BCUT2D eigenvalue weighted by atomic mass is 9.99. The lowest BCUT2D eigenvalue weighted by molar-refractivity contribution is 0.168. The van der Waals surface area contributed by atoms with Crippen LogP contribution in [0.5, 0.6) is 0 Å². The summed E-state index contributed by atoms with van der Waals surface area (Å²) in [5.41, 5.74) is 5.01. The molecule has 1 heterocycles. The van der Waals surface area contributed by atoms with Gasteiger partial charge in [0.05, 0.1) is 6.10 Å². The first-order chi connectivity index (χ1) is 9.74. The van der Waals surface area contributed by atoms with Gasteiger partial charge < -0.3 is 10.0 Å². The summed E-state index contributed by atoms with van der Waals surface area (Å²) in [4.78, 5) is 2.27. The number of rotatable bonds is 4. The second-order valence-electron chi connectivity index (χ2n) is 5.60. The van der Waals surface area contributed by atoms with E-state index in [4.69, 9.17) is 0 Å². The van der Waals surface area contributed by atoms with Crippen molar-refractivity contribution in [3.8, 4) is 0 Å². The zero-order valence-corrected chi connectivity index (χ0v) is 11.9. The molecule has 0 radical (unpaired) electrons. The fourth-order valence-electron chi connectivity index (χ4n) is 2.91. The minimum absolute atomic E-state index is 0.369. The zero-order valence-electron chi connectivity index (χ0n) is 11.9. The molecule has 0 spiro atoms. The molecule has 1 N–H and O–H groups in total. The average molecular weight is 267 g/mol. The van der Waals surface area contributed by atoms with Crippen molar-refractivity contribution >= 4 is 5.69 Å². The van der Waals surface area contributed by atoms with Crippen molar-refractivity contribution in [2.24, 2.45) is 0 Å².